The molecule has 2 aromatic carbocycles. The molecule has 4 nitrogen and oxygen atoms in total. The van der Waals surface area contributed by atoms with E-state index in [1.807, 2.05) is 30.3 Å². The Morgan fingerprint density at radius 2 is 1.80 bits per heavy atom. The van der Waals surface area contributed by atoms with Gasteiger partial charge in [-0.25, -0.2) is 0 Å². The van der Waals surface area contributed by atoms with E-state index in [0.29, 0.717) is 5.75 Å². The van der Waals surface area contributed by atoms with E-state index < -0.39 is 18.8 Å². The molecule has 0 aliphatic carbocycles. The molecule has 1 heterocycles. The summed E-state index contributed by atoms with van der Waals surface area (Å²) in [7, 11) is -4.65. The number of alkyl halides is 2. The van der Waals surface area contributed by atoms with Gasteiger partial charge in [0, 0.05) is 32.3 Å². The number of pyridine rings is 1. The molecule has 160 valence electrons. The van der Waals surface area contributed by atoms with Crippen LogP contribution in [0, 0.1) is 0 Å². The first kappa shape index (κ1) is 23.4. The number of para-hydroxylation sites is 1. The third kappa shape index (κ3) is 4.94. The molecule has 0 radical (unpaired) electrons. The van der Waals surface area contributed by atoms with E-state index in [9.17, 15) is 4.57 Å². The summed E-state index contributed by atoms with van der Waals surface area (Å²) in [6, 6.07) is 14.3. The van der Waals surface area contributed by atoms with Gasteiger partial charge < -0.3 is 9.05 Å². The molecule has 0 N–H and O–H groups in total. The fraction of sp³-hybridized carbons (Fsp3) is 0.286. The molecule has 0 aliphatic rings. The van der Waals surface area contributed by atoms with Crippen molar-refractivity contribution in [3.63, 3.8) is 0 Å². The zero-order chi connectivity index (χ0) is 21.8. The number of hydrogen-bond acceptors (Lipinski definition) is 5. The lowest BCUT2D eigenvalue weighted by Crippen LogP contribution is -2.19. The molecule has 0 amide bonds. The number of benzene rings is 2. The summed E-state index contributed by atoms with van der Waals surface area (Å²) in [5, 5.41) is 1.04. The van der Waals surface area contributed by atoms with Gasteiger partial charge in [0.15, 0.2) is 0 Å². The highest BCUT2D eigenvalue weighted by atomic mass is 79.9. The second-order valence-electron chi connectivity index (χ2n) is 6.34. The summed E-state index contributed by atoms with van der Waals surface area (Å²) in [5.74, 6) is 0.569. The van der Waals surface area contributed by atoms with Crippen LogP contribution < -0.4 is 0 Å². The zero-order valence-electron chi connectivity index (χ0n) is 16.5. The second-order valence-corrected chi connectivity index (χ2v) is 10.3. The van der Waals surface area contributed by atoms with E-state index in [0.717, 1.165) is 21.4 Å². The Balaban J connectivity index is 1.79. The van der Waals surface area contributed by atoms with E-state index in [1.165, 1.54) is 19.9 Å². The average Bonchev–Trinajstić information content (AvgIpc) is 2.72. The Morgan fingerprint density at radius 3 is 2.47 bits per heavy atom. The van der Waals surface area contributed by atoms with Gasteiger partial charge in [0.05, 0.1) is 18.7 Å². The summed E-state index contributed by atoms with van der Waals surface area (Å²) < 4.78 is 52.6. The highest BCUT2D eigenvalue weighted by Gasteiger charge is 2.55. The molecule has 0 bridgehead atoms. The molecule has 3 rings (SSSR count). The number of nitrogens with zero attached hydrogens (tertiary/aromatic N) is 1. The highest BCUT2D eigenvalue weighted by molar-refractivity contribution is 9.10. The van der Waals surface area contributed by atoms with Crippen LogP contribution in [0.15, 0.2) is 64.1 Å². The fourth-order valence-corrected chi connectivity index (χ4v) is 6.12. The van der Waals surface area contributed by atoms with Gasteiger partial charge in [0.2, 0.25) is 0 Å². The molecule has 0 fully saturated rings. The maximum Gasteiger partial charge on any atom is 0.404 e. The van der Waals surface area contributed by atoms with Gasteiger partial charge in [0.25, 0.3) is 0 Å². The third-order valence-electron chi connectivity index (χ3n) is 4.27. The lowest BCUT2D eigenvalue weighted by atomic mass is 10.1. The van der Waals surface area contributed by atoms with Gasteiger partial charge in [0.1, 0.15) is 0 Å². The van der Waals surface area contributed by atoms with Crippen molar-refractivity contribution in [3.8, 4) is 0 Å². The maximum atomic E-state index is 15.0. The Labute approximate surface area is 187 Å². The number of hydrogen-bond donors (Lipinski definition) is 0. The van der Waals surface area contributed by atoms with Gasteiger partial charge in [-0.05, 0) is 37.6 Å². The van der Waals surface area contributed by atoms with Crippen LogP contribution in [0.3, 0.4) is 0 Å². The lowest BCUT2D eigenvalue weighted by Gasteiger charge is -2.26. The van der Waals surface area contributed by atoms with Crippen LogP contribution in [-0.2, 0) is 25.0 Å². The molecular formula is C21H21BrF2NO3PS. The van der Waals surface area contributed by atoms with Gasteiger partial charge >= 0.3 is 13.3 Å². The first-order chi connectivity index (χ1) is 14.3. The van der Waals surface area contributed by atoms with Crippen LogP contribution in [0.4, 0.5) is 8.78 Å². The highest BCUT2D eigenvalue weighted by Crippen LogP contribution is 2.67. The summed E-state index contributed by atoms with van der Waals surface area (Å²) in [6.45, 7) is 2.72. The molecule has 0 atom stereocenters. The van der Waals surface area contributed by atoms with Crippen molar-refractivity contribution in [2.24, 2.45) is 0 Å². The Bertz CT molecular complexity index is 1070. The Hall–Kier alpha value is -1.31. The molecule has 30 heavy (non-hydrogen) atoms. The van der Waals surface area contributed by atoms with Crippen molar-refractivity contribution in [2.45, 2.75) is 30.2 Å². The Morgan fingerprint density at radius 1 is 1.10 bits per heavy atom. The predicted molar refractivity (Wildman–Crippen MR) is 120 cm³/mol. The number of rotatable bonds is 9. The number of halogens is 3. The summed E-state index contributed by atoms with van der Waals surface area (Å²) in [5.41, 5.74) is -2.44. The third-order valence-corrected chi connectivity index (χ3v) is 8.09. The van der Waals surface area contributed by atoms with Gasteiger partial charge in [-0.3, -0.25) is 9.55 Å². The topological polar surface area (TPSA) is 48.4 Å². The van der Waals surface area contributed by atoms with Gasteiger partial charge in [-0.2, -0.15) is 8.78 Å². The normalized spacial score (nSPS) is 12.4. The molecule has 0 saturated heterocycles. The molecule has 0 saturated carbocycles. The largest absolute Gasteiger partial charge is 0.404 e. The van der Waals surface area contributed by atoms with E-state index in [2.05, 4.69) is 20.9 Å². The van der Waals surface area contributed by atoms with Crippen LogP contribution in [0.2, 0.25) is 0 Å². The van der Waals surface area contributed by atoms with Crippen LogP contribution in [0.1, 0.15) is 25.0 Å². The van der Waals surface area contributed by atoms with Crippen LogP contribution in [-0.4, -0.2) is 18.2 Å². The second kappa shape index (κ2) is 9.88. The monoisotopic (exact) mass is 515 g/mol. The molecule has 3 aromatic rings. The molecule has 1 aromatic heterocycles. The SMILES string of the molecule is CCOP(=O)(OCC)C(F)(F)c1ccc(CSc2cnc3ccccc3c2)cc1Br. The Kier molecular flexibility index (Phi) is 7.69. The summed E-state index contributed by atoms with van der Waals surface area (Å²) >= 11 is 4.76. The van der Waals surface area contributed by atoms with Crippen LogP contribution >= 0.6 is 35.3 Å². The van der Waals surface area contributed by atoms with Crippen molar-refractivity contribution < 1.29 is 22.4 Å². The van der Waals surface area contributed by atoms with Crippen LogP contribution in [0.25, 0.3) is 10.9 Å². The van der Waals surface area contributed by atoms with Crippen LogP contribution in [0.5, 0.6) is 0 Å². The van der Waals surface area contributed by atoms with Crippen molar-refractivity contribution in [2.75, 3.05) is 13.2 Å². The van der Waals surface area contributed by atoms with E-state index in [-0.39, 0.29) is 17.7 Å². The smallest absolute Gasteiger partial charge is 0.304 e. The molecule has 9 heteroatoms. The van der Waals surface area contributed by atoms with E-state index in [1.54, 1.807) is 30.1 Å². The molecular weight excluding hydrogens is 495 g/mol. The number of aromatic nitrogens is 1. The lowest BCUT2D eigenvalue weighted by molar-refractivity contribution is 0.0354. The van der Waals surface area contributed by atoms with Crippen molar-refractivity contribution in [3.05, 3.63) is 70.3 Å². The minimum atomic E-state index is -4.65. The standard InChI is InChI=1S/C21H21BrF2NO3PS/c1-3-27-29(26,28-4-2)21(23,24)18-10-9-15(11-19(18)22)14-30-17-12-16-7-5-6-8-20(16)25-13-17/h5-13H,3-4,14H2,1-2H3. The summed E-state index contributed by atoms with van der Waals surface area (Å²) in [4.78, 5) is 5.41. The first-order valence-electron chi connectivity index (χ1n) is 9.34. The quantitative estimate of drug-likeness (QED) is 0.217. The number of thioether (sulfide) groups is 1. The summed E-state index contributed by atoms with van der Waals surface area (Å²) in [6.07, 6.45) is 1.80. The molecule has 0 spiro atoms. The first-order valence-corrected chi connectivity index (χ1v) is 12.7. The molecule has 0 unspecified atom stereocenters. The zero-order valence-corrected chi connectivity index (χ0v) is 19.8. The van der Waals surface area contributed by atoms with Gasteiger partial charge in [-0.15, -0.1) is 11.8 Å². The van der Waals surface area contributed by atoms with Gasteiger partial charge in [-0.1, -0.05) is 46.3 Å². The van der Waals surface area contributed by atoms with Crippen molar-refractivity contribution >= 4 is 46.2 Å². The average molecular weight is 516 g/mol. The van der Waals surface area contributed by atoms with Crippen molar-refractivity contribution in [1.29, 1.82) is 0 Å². The predicted octanol–water partition coefficient (Wildman–Crippen LogP) is 7.61. The van der Waals surface area contributed by atoms with E-state index in [4.69, 9.17) is 9.05 Å². The fourth-order valence-electron chi connectivity index (χ4n) is 2.88. The maximum absolute atomic E-state index is 15.0. The molecule has 0 aliphatic heterocycles. The van der Waals surface area contributed by atoms with Crippen molar-refractivity contribution in [1.82, 2.24) is 4.98 Å². The minimum absolute atomic E-state index is 0.140. The number of fused-ring (bicyclic) bond motifs is 1. The van der Waals surface area contributed by atoms with E-state index >= 15 is 8.78 Å². The minimum Gasteiger partial charge on any atom is -0.304 e.